The summed E-state index contributed by atoms with van der Waals surface area (Å²) in [4.78, 5) is 0. The normalized spacial score (nSPS) is 21.6. The van der Waals surface area contributed by atoms with E-state index in [9.17, 15) is 0 Å². The topological polar surface area (TPSA) is 12.0 Å². The number of allylic oxidation sites excluding steroid dienone is 4. The van der Waals surface area contributed by atoms with E-state index in [0.29, 0.717) is 4.22 Å². The van der Waals surface area contributed by atoms with Crippen molar-refractivity contribution >= 4 is 13.7 Å². The van der Waals surface area contributed by atoms with E-state index in [1.54, 1.807) is 0 Å². The van der Waals surface area contributed by atoms with Crippen LogP contribution in [0.1, 0.15) is 26.3 Å². The molecule has 1 aromatic carbocycles. The van der Waals surface area contributed by atoms with E-state index in [0.717, 1.165) is 0 Å². The van der Waals surface area contributed by atoms with E-state index in [4.69, 9.17) is 0 Å². The molecule has 1 unspecified atom stereocenters. The summed E-state index contributed by atoms with van der Waals surface area (Å²) in [5.41, 5.74) is 2.94. The van der Waals surface area contributed by atoms with E-state index in [-0.39, 0.29) is 5.54 Å². The fraction of sp³-hybridized carbons (Fsp3) is 0.412. The van der Waals surface area contributed by atoms with Crippen LogP contribution in [0.25, 0.3) is 5.57 Å². The van der Waals surface area contributed by atoms with Gasteiger partial charge in [0.1, 0.15) is 0 Å². The molecule has 0 fully saturated rings. The quantitative estimate of drug-likeness (QED) is 0.835. The summed E-state index contributed by atoms with van der Waals surface area (Å²) in [5, 5.41) is 5.10. The van der Waals surface area contributed by atoms with Crippen molar-refractivity contribution in [3.05, 3.63) is 54.1 Å². The van der Waals surface area contributed by atoms with Gasteiger partial charge >= 0.3 is 127 Å². The van der Waals surface area contributed by atoms with Gasteiger partial charge in [-0.3, -0.25) is 0 Å². The molecule has 0 saturated carbocycles. The van der Waals surface area contributed by atoms with Crippen molar-refractivity contribution in [3.8, 4) is 0 Å². The maximum absolute atomic E-state index is 4.04. The van der Waals surface area contributed by atoms with Crippen LogP contribution in [-0.2, 0) is 14.8 Å². The van der Waals surface area contributed by atoms with Crippen LogP contribution in [0.4, 0.5) is 0 Å². The molecule has 1 aliphatic carbocycles. The molecule has 0 radical (unpaired) electrons. The van der Waals surface area contributed by atoms with E-state index >= 15 is 0 Å². The Kier molecular flexibility index (Phi) is 4.07. The molecule has 0 heterocycles. The maximum atomic E-state index is 4.04. The zero-order valence-corrected chi connectivity index (χ0v) is 17.3. The summed E-state index contributed by atoms with van der Waals surface area (Å²) in [7, 11) is 1.27. The molecular weight excluding hydrogens is 294 g/mol. The van der Waals surface area contributed by atoms with Crippen molar-refractivity contribution in [2.24, 2.45) is 0 Å². The second kappa shape index (κ2) is 5.10. The minimum atomic E-state index is -2.58. The summed E-state index contributed by atoms with van der Waals surface area (Å²) in [6.45, 7) is 6.88. The molecule has 1 nitrogen and oxygen atoms in total. The van der Waals surface area contributed by atoms with E-state index < -0.39 is 14.8 Å². The van der Waals surface area contributed by atoms with Gasteiger partial charge in [-0.05, 0) is 0 Å². The first-order valence-corrected chi connectivity index (χ1v) is 18.0. The first-order valence-electron chi connectivity index (χ1n) is 7.53. The van der Waals surface area contributed by atoms with Gasteiger partial charge in [-0.2, -0.15) is 0 Å². The van der Waals surface area contributed by atoms with Gasteiger partial charge in [-0.25, -0.2) is 0 Å². The molecule has 1 aliphatic rings. The third-order valence-electron chi connectivity index (χ3n) is 3.94. The molecule has 109 valence electrons. The van der Waals surface area contributed by atoms with Crippen LogP contribution in [0.2, 0.25) is 14.7 Å². The fourth-order valence-electron chi connectivity index (χ4n) is 3.39. The molecule has 0 amide bonds. The number of benzene rings is 1. The van der Waals surface area contributed by atoms with E-state index in [1.807, 2.05) is 0 Å². The van der Waals surface area contributed by atoms with Crippen LogP contribution >= 0.6 is 0 Å². The average Bonchev–Trinajstić information content (AvgIpc) is 2.76. The monoisotopic (exact) mass is 322 g/mol. The van der Waals surface area contributed by atoms with Gasteiger partial charge in [0.05, 0.1) is 0 Å². The molecule has 0 aliphatic heterocycles. The fourth-order valence-corrected chi connectivity index (χ4v) is 14.8. The molecule has 1 N–H and O–H groups in total. The zero-order valence-electron chi connectivity index (χ0n) is 13.7. The number of nitrogens with one attached hydrogen (secondary N) is 1. The number of hydrogen-bond acceptors (Lipinski definition) is 1. The van der Waals surface area contributed by atoms with Crippen molar-refractivity contribution in [3.63, 3.8) is 0 Å². The van der Waals surface area contributed by atoms with Crippen molar-refractivity contribution < 1.29 is 14.8 Å². The Bertz CT molecular complexity index is 544. The van der Waals surface area contributed by atoms with E-state index in [1.165, 1.54) is 19.2 Å². The number of hydrogen-bond donors (Lipinski definition) is 1. The summed E-state index contributed by atoms with van der Waals surface area (Å²) in [6, 6.07) is 10.7. The van der Waals surface area contributed by atoms with Gasteiger partial charge < -0.3 is 0 Å². The standard InChI is InChI=1S/C11H9.C4H10N.2CH3.H3Si.Ti/c1-2-6-10(7-3-1)11-8-4-5-9-11;1-4(2,3)5;;;;/h1-9H;5H,1-3H3;3*1H3;/q;-1;;;;+1. The molecule has 1 aromatic rings. The average molecular weight is 322 g/mol. The summed E-state index contributed by atoms with van der Waals surface area (Å²) < 4.78 is 4.68. The van der Waals surface area contributed by atoms with Gasteiger partial charge in [0.15, 0.2) is 0 Å². The second-order valence-electron chi connectivity index (χ2n) is 8.51. The van der Waals surface area contributed by atoms with Crippen LogP contribution in [0.3, 0.4) is 0 Å². The van der Waals surface area contributed by atoms with Crippen LogP contribution in [0, 0.1) is 0 Å². The summed E-state index contributed by atoms with van der Waals surface area (Å²) in [5.74, 6) is 0. The number of rotatable bonds is 3. The molecule has 20 heavy (non-hydrogen) atoms. The summed E-state index contributed by atoms with van der Waals surface area (Å²) in [6.07, 6.45) is 7.25. The van der Waals surface area contributed by atoms with Crippen molar-refractivity contribution in [2.75, 3.05) is 0 Å². The van der Waals surface area contributed by atoms with Gasteiger partial charge in [0.25, 0.3) is 0 Å². The SMILES string of the molecule is CC(C)(C)[NH][Ti]([CH3])([CH3])([SiH3])[CH]1C=CC(c2ccccc2)=C1. The molecule has 3 heteroatoms. The van der Waals surface area contributed by atoms with Crippen LogP contribution in [0.15, 0.2) is 48.6 Å². The molecule has 1 atom stereocenters. The predicted octanol–water partition coefficient (Wildman–Crippen LogP) is 3.80. The third kappa shape index (κ3) is 3.82. The third-order valence-corrected chi connectivity index (χ3v) is 14.5. The summed E-state index contributed by atoms with van der Waals surface area (Å²) >= 11 is -2.58. The Morgan fingerprint density at radius 3 is 2.25 bits per heavy atom. The Morgan fingerprint density at radius 1 is 1.10 bits per heavy atom. The molecule has 2 rings (SSSR count). The molecular formula is C17H28NSiTi. The van der Waals surface area contributed by atoms with E-state index in [2.05, 4.69) is 83.6 Å². The first kappa shape index (κ1) is 16.0. The second-order valence-corrected chi connectivity index (χ2v) is 32.8. The Labute approximate surface area is 127 Å². The van der Waals surface area contributed by atoms with Crippen molar-refractivity contribution in [2.45, 2.75) is 41.0 Å². The van der Waals surface area contributed by atoms with Gasteiger partial charge in [0, 0.05) is 0 Å². The predicted molar refractivity (Wildman–Crippen MR) is 91.9 cm³/mol. The Morgan fingerprint density at radius 2 is 1.70 bits per heavy atom. The van der Waals surface area contributed by atoms with Crippen molar-refractivity contribution in [1.29, 1.82) is 0 Å². The minimum absolute atomic E-state index is 0.208. The van der Waals surface area contributed by atoms with Gasteiger partial charge in [0.2, 0.25) is 0 Å². The first-order chi connectivity index (χ1) is 9.05. The Balaban J connectivity index is 2.28. The Hall–Kier alpha value is -0.409. The molecule has 0 spiro atoms. The van der Waals surface area contributed by atoms with Crippen LogP contribution in [-0.4, -0.2) is 13.6 Å². The van der Waals surface area contributed by atoms with Crippen LogP contribution in [0.5, 0.6) is 0 Å². The molecule has 0 bridgehead atoms. The molecule has 0 saturated heterocycles. The van der Waals surface area contributed by atoms with Gasteiger partial charge in [-0.1, -0.05) is 0 Å². The zero-order chi connectivity index (χ0) is 15.0. The van der Waals surface area contributed by atoms with Crippen LogP contribution < -0.4 is 3.80 Å². The van der Waals surface area contributed by atoms with Crippen molar-refractivity contribution in [1.82, 2.24) is 3.80 Å². The molecule has 0 aromatic heterocycles. The van der Waals surface area contributed by atoms with Gasteiger partial charge in [-0.15, -0.1) is 0 Å².